The number of nitrogens with one attached hydrogen (secondary N) is 2. The summed E-state index contributed by atoms with van der Waals surface area (Å²) in [5.74, 6) is -1.83. The van der Waals surface area contributed by atoms with Crippen molar-refractivity contribution in [1.82, 2.24) is 10.6 Å². The van der Waals surface area contributed by atoms with Gasteiger partial charge < -0.3 is 15.5 Å². The van der Waals surface area contributed by atoms with Crippen molar-refractivity contribution in [3.8, 4) is 0 Å². The zero-order valence-corrected chi connectivity index (χ0v) is 11.2. The molecule has 1 heterocycles. The molecular weight excluding hydrogens is 264 g/mol. The highest BCUT2D eigenvalue weighted by molar-refractivity contribution is 6.00. The molecule has 2 aliphatic rings. The first-order valence-electron chi connectivity index (χ1n) is 6.92. The summed E-state index contributed by atoms with van der Waals surface area (Å²) in [6, 6.07) is -0.464. The Hall–Kier alpha value is -1.47. The summed E-state index contributed by atoms with van der Waals surface area (Å²) in [6.45, 7) is 0.242. The second kappa shape index (κ2) is 5.88. The predicted molar refractivity (Wildman–Crippen MR) is 68.7 cm³/mol. The maximum absolute atomic E-state index is 11.6. The molecule has 2 fully saturated rings. The number of aliphatic carboxylic acids is 1. The number of carbonyl (C=O) groups is 3. The van der Waals surface area contributed by atoms with Gasteiger partial charge in [0.25, 0.3) is 0 Å². The summed E-state index contributed by atoms with van der Waals surface area (Å²) in [7, 11) is 0. The van der Waals surface area contributed by atoms with Crippen molar-refractivity contribution < 1.29 is 24.6 Å². The number of amides is 2. The van der Waals surface area contributed by atoms with Gasteiger partial charge in [0.15, 0.2) is 0 Å². The third kappa shape index (κ3) is 3.55. The molecule has 0 aromatic heterocycles. The first-order chi connectivity index (χ1) is 9.39. The Labute approximate surface area is 116 Å². The van der Waals surface area contributed by atoms with Gasteiger partial charge in [0, 0.05) is 13.0 Å². The number of carbonyl (C=O) groups excluding carboxylic acids is 2. The number of imide groups is 1. The predicted octanol–water partition coefficient (Wildman–Crippen LogP) is -0.613. The van der Waals surface area contributed by atoms with Gasteiger partial charge in [-0.05, 0) is 32.1 Å². The lowest BCUT2D eigenvalue weighted by Gasteiger charge is -2.36. The molecular formula is C13H20N2O5. The average Bonchev–Trinajstić information content (AvgIpc) is 2.38. The van der Waals surface area contributed by atoms with Crippen LogP contribution in [0.4, 0.5) is 0 Å². The van der Waals surface area contributed by atoms with Gasteiger partial charge in [0.05, 0.1) is 17.6 Å². The van der Waals surface area contributed by atoms with E-state index in [1.807, 2.05) is 0 Å². The standard InChI is InChI=1S/C13H20N2O5/c16-10-2-1-9(11(17)15-10)14-7-13(20)5-3-8(4-6-13)12(18)19/h8-9,14,20H,1-7H2,(H,18,19)(H,15,16,17). The van der Waals surface area contributed by atoms with Crippen LogP contribution < -0.4 is 10.6 Å². The summed E-state index contributed by atoms with van der Waals surface area (Å²) >= 11 is 0. The Morgan fingerprint density at radius 1 is 1.30 bits per heavy atom. The van der Waals surface area contributed by atoms with Crippen molar-refractivity contribution in [3.63, 3.8) is 0 Å². The smallest absolute Gasteiger partial charge is 0.306 e. The molecule has 0 bridgehead atoms. The van der Waals surface area contributed by atoms with E-state index >= 15 is 0 Å². The third-order valence-electron chi connectivity index (χ3n) is 4.18. The highest BCUT2D eigenvalue weighted by Gasteiger charge is 2.37. The fourth-order valence-corrected chi connectivity index (χ4v) is 2.78. The quantitative estimate of drug-likeness (QED) is 0.512. The van der Waals surface area contributed by atoms with Gasteiger partial charge in [0.1, 0.15) is 0 Å². The molecule has 20 heavy (non-hydrogen) atoms. The summed E-state index contributed by atoms with van der Waals surface area (Å²) < 4.78 is 0. The molecule has 0 aromatic carbocycles. The zero-order valence-electron chi connectivity index (χ0n) is 11.2. The topological polar surface area (TPSA) is 116 Å². The number of aliphatic hydroxyl groups is 1. The third-order valence-corrected chi connectivity index (χ3v) is 4.18. The summed E-state index contributed by atoms with van der Waals surface area (Å²) in [5, 5.41) is 24.5. The second-order valence-electron chi connectivity index (χ2n) is 5.72. The van der Waals surface area contributed by atoms with E-state index in [1.54, 1.807) is 0 Å². The minimum absolute atomic E-state index is 0.242. The van der Waals surface area contributed by atoms with E-state index in [1.165, 1.54) is 0 Å². The molecule has 1 aliphatic carbocycles. The Morgan fingerprint density at radius 2 is 1.95 bits per heavy atom. The monoisotopic (exact) mass is 284 g/mol. The van der Waals surface area contributed by atoms with Crippen LogP contribution in [0.15, 0.2) is 0 Å². The van der Waals surface area contributed by atoms with Crippen LogP contribution in [0.5, 0.6) is 0 Å². The summed E-state index contributed by atoms with van der Waals surface area (Å²) in [5.41, 5.74) is -0.965. The molecule has 0 radical (unpaired) electrons. The van der Waals surface area contributed by atoms with E-state index < -0.39 is 17.6 Å². The van der Waals surface area contributed by atoms with Crippen molar-refractivity contribution in [2.24, 2.45) is 5.92 Å². The highest BCUT2D eigenvalue weighted by atomic mass is 16.4. The van der Waals surface area contributed by atoms with Crippen molar-refractivity contribution in [1.29, 1.82) is 0 Å². The van der Waals surface area contributed by atoms with Gasteiger partial charge in [-0.25, -0.2) is 0 Å². The fourth-order valence-electron chi connectivity index (χ4n) is 2.78. The Bertz CT molecular complexity index is 415. The van der Waals surface area contributed by atoms with Gasteiger partial charge in [-0.2, -0.15) is 0 Å². The molecule has 0 aromatic rings. The molecule has 2 amide bonds. The number of rotatable bonds is 4. The number of carboxylic acid groups (broad SMARTS) is 1. The van der Waals surface area contributed by atoms with E-state index in [-0.39, 0.29) is 24.3 Å². The summed E-state index contributed by atoms with van der Waals surface area (Å²) in [4.78, 5) is 33.5. The number of hydrogen-bond acceptors (Lipinski definition) is 5. The molecule has 1 unspecified atom stereocenters. The molecule has 1 saturated heterocycles. The molecule has 1 aliphatic heterocycles. The first-order valence-corrected chi connectivity index (χ1v) is 6.92. The average molecular weight is 284 g/mol. The van der Waals surface area contributed by atoms with Crippen molar-refractivity contribution in [3.05, 3.63) is 0 Å². The molecule has 4 N–H and O–H groups in total. The van der Waals surface area contributed by atoms with E-state index in [0.717, 1.165) is 0 Å². The number of piperidine rings is 1. The zero-order chi connectivity index (χ0) is 14.8. The van der Waals surface area contributed by atoms with Crippen LogP contribution in [0.1, 0.15) is 38.5 Å². The van der Waals surface area contributed by atoms with Gasteiger partial charge in [-0.3, -0.25) is 19.7 Å². The van der Waals surface area contributed by atoms with E-state index in [4.69, 9.17) is 5.11 Å². The first kappa shape index (κ1) is 14.9. The lowest BCUT2D eigenvalue weighted by Crippen LogP contribution is -2.55. The number of carboxylic acids is 1. The van der Waals surface area contributed by atoms with E-state index in [2.05, 4.69) is 10.6 Å². The highest BCUT2D eigenvalue weighted by Crippen LogP contribution is 2.32. The minimum atomic E-state index is -0.965. The Morgan fingerprint density at radius 3 is 2.50 bits per heavy atom. The summed E-state index contributed by atoms with van der Waals surface area (Å²) in [6.07, 6.45) is 2.43. The van der Waals surface area contributed by atoms with E-state index in [9.17, 15) is 19.5 Å². The van der Waals surface area contributed by atoms with Crippen LogP contribution in [0, 0.1) is 5.92 Å². The Kier molecular flexibility index (Phi) is 4.39. The second-order valence-corrected chi connectivity index (χ2v) is 5.72. The van der Waals surface area contributed by atoms with Crippen LogP contribution in [0.25, 0.3) is 0 Å². The van der Waals surface area contributed by atoms with Crippen molar-refractivity contribution >= 4 is 17.8 Å². The number of hydrogen-bond donors (Lipinski definition) is 4. The minimum Gasteiger partial charge on any atom is -0.481 e. The molecule has 0 spiro atoms. The Balaban J connectivity index is 1.80. The van der Waals surface area contributed by atoms with Gasteiger partial charge in [0.2, 0.25) is 11.8 Å². The largest absolute Gasteiger partial charge is 0.481 e. The van der Waals surface area contributed by atoms with Crippen LogP contribution in [0.3, 0.4) is 0 Å². The maximum atomic E-state index is 11.6. The van der Waals surface area contributed by atoms with Crippen LogP contribution in [-0.4, -0.2) is 46.2 Å². The maximum Gasteiger partial charge on any atom is 0.306 e. The molecule has 112 valence electrons. The lowest BCUT2D eigenvalue weighted by atomic mass is 9.78. The van der Waals surface area contributed by atoms with Crippen LogP contribution in [-0.2, 0) is 14.4 Å². The molecule has 1 saturated carbocycles. The van der Waals surface area contributed by atoms with Crippen molar-refractivity contribution in [2.45, 2.75) is 50.2 Å². The van der Waals surface area contributed by atoms with Crippen molar-refractivity contribution in [2.75, 3.05) is 6.54 Å². The normalized spacial score (nSPS) is 34.6. The van der Waals surface area contributed by atoms with Gasteiger partial charge in [-0.1, -0.05) is 0 Å². The van der Waals surface area contributed by atoms with Crippen LogP contribution in [0.2, 0.25) is 0 Å². The molecule has 7 heteroatoms. The molecule has 7 nitrogen and oxygen atoms in total. The van der Waals surface area contributed by atoms with E-state index in [0.29, 0.717) is 38.5 Å². The van der Waals surface area contributed by atoms with Gasteiger partial charge >= 0.3 is 5.97 Å². The molecule has 2 rings (SSSR count). The molecule has 1 atom stereocenters. The fraction of sp³-hybridized carbons (Fsp3) is 0.769. The lowest BCUT2D eigenvalue weighted by molar-refractivity contribution is -0.144. The van der Waals surface area contributed by atoms with Crippen LogP contribution >= 0.6 is 0 Å². The SMILES string of the molecule is O=C1CCC(NCC2(O)CCC(C(=O)O)CC2)C(=O)N1. The van der Waals surface area contributed by atoms with Gasteiger partial charge in [-0.15, -0.1) is 0 Å².